The third kappa shape index (κ3) is 7.66. The number of halogens is 3. The van der Waals surface area contributed by atoms with E-state index in [2.05, 4.69) is 44.0 Å². The Balaban J connectivity index is 1.31. The highest BCUT2D eigenvalue weighted by Gasteiger charge is 2.34. The Hall–Kier alpha value is -3.31. The van der Waals surface area contributed by atoms with Crippen LogP contribution in [0.5, 0.6) is 5.75 Å². The molecule has 1 aromatic carbocycles. The number of piperazine rings is 1. The molecule has 0 unspecified atom stereocenters. The molecule has 0 bridgehead atoms. The number of benzene rings is 1. The van der Waals surface area contributed by atoms with Gasteiger partial charge in [-0.25, -0.2) is 4.98 Å². The summed E-state index contributed by atoms with van der Waals surface area (Å²) < 4.78 is 46.6. The summed E-state index contributed by atoms with van der Waals surface area (Å²) in [7, 11) is 1.63. The first kappa shape index (κ1) is 29.7. The van der Waals surface area contributed by atoms with E-state index in [1.807, 2.05) is 13.0 Å². The second-order valence-electron chi connectivity index (χ2n) is 10.3. The minimum Gasteiger partial charge on any atom is -0.422 e. The van der Waals surface area contributed by atoms with Gasteiger partial charge < -0.3 is 20.1 Å². The fourth-order valence-corrected chi connectivity index (χ4v) is 5.74. The third-order valence-corrected chi connectivity index (χ3v) is 7.64. The molecule has 2 aromatic rings. The lowest BCUT2D eigenvalue weighted by atomic mass is 9.97. The summed E-state index contributed by atoms with van der Waals surface area (Å²) in [6, 6.07) is 11.1. The Labute approximate surface area is 234 Å². The zero-order valence-electron chi connectivity index (χ0n) is 23.5. The summed E-state index contributed by atoms with van der Waals surface area (Å²) in [4.78, 5) is 16.3. The first-order chi connectivity index (χ1) is 19.1. The highest BCUT2D eigenvalue weighted by atomic mass is 19.4. The maximum Gasteiger partial charge on any atom is 0.573 e. The first-order valence-electron chi connectivity index (χ1n) is 13.7. The van der Waals surface area contributed by atoms with Gasteiger partial charge in [-0.05, 0) is 75.7 Å². The molecule has 11 heteroatoms. The number of pyridine rings is 1. The van der Waals surface area contributed by atoms with E-state index < -0.39 is 6.36 Å². The van der Waals surface area contributed by atoms with Gasteiger partial charge in [0.1, 0.15) is 11.4 Å². The quantitative estimate of drug-likeness (QED) is 0.285. The molecular weight excluding hydrogens is 521 g/mol. The molecule has 0 spiro atoms. The Morgan fingerprint density at radius 2 is 1.80 bits per heavy atom. The van der Waals surface area contributed by atoms with Crippen LogP contribution in [-0.4, -0.2) is 78.9 Å². The number of nitrogens with two attached hydrogens (primary N) is 1. The standard InChI is InChI=1S/C29H39F3N6O2/c1-5-23-19-37(27-11-10-26(35-20(27)2)28(34-4)39-21(3)33)16-17-38(23)24-12-14-36(15-13-24)18-22-6-8-25(9-7-22)40-29(30,31)32/h6-11,23-24H,3,5,12-19,33H2,1-2,4H3/t23-/m0/s1. The van der Waals surface area contributed by atoms with Gasteiger partial charge in [-0.3, -0.25) is 14.8 Å². The lowest BCUT2D eigenvalue weighted by molar-refractivity contribution is -0.274. The van der Waals surface area contributed by atoms with Crippen LogP contribution >= 0.6 is 0 Å². The van der Waals surface area contributed by atoms with Crippen LogP contribution in [-0.2, 0) is 11.3 Å². The lowest BCUT2D eigenvalue weighted by Crippen LogP contribution is -2.58. The van der Waals surface area contributed by atoms with Crippen molar-refractivity contribution in [2.75, 3.05) is 44.7 Å². The number of piperidine rings is 1. The minimum absolute atomic E-state index is 0.0745. The second-order valence-corrected chi connectivity index (χ2v) is 10.3. The highest BCUT2D eigenvalue weighted by molar-refractivity contribution is 5.93. The molecule has 2 N–H and O–H groups in total. The van der Waals surface area contributed by atoms with Gasteiger partial charge in [0.25, 0.3) is 0 Å². The van der Waals surface area contributed by atoms with Crippen molar-refractivity contribution < 1.29 is 22.6 Å². The van der Waals surface area contributed by atoms with Crippen molar-refractivity contribution in [3.63, 3.8) is 0 Å². The van der Waals surface area contributed by atoms with Gasteiger partial charge in [-0.1, -0.05) is 19.1 Å². The number of alkyl halides is 3. The summed E-state index contributed by atoms with van der Waals surface area (Å²) in [5.74, 6) is 0.232. The molecule has 40 heavy (non-hydrogen) atoms. The van der Waals surface area contributed by atoms with Crippen molar-refractivity contribution in [2.24, 2.45) is 10.7 Å². The summed E-state index contributed by atoms with van der Waals surface area (Å²) in [6.07, 6.45) is -1.46. The van der Waals surface area contributed by atoms with E-state index in [0.29, 0.717) is 23.7 Å². The number of aryl methyl sites for hydroxylation is 1. The molecule has 0 aliphatic carbocycles. The largest absolute Gasteiger partial charge is 0.573 e. The smallest absolute Gasteiger partial charge is 0.422 e. The van der Waals surface area contributed by atoms with E-state index in [1.165, 1.54) is 12.1 Å². The van der Waals surface area contributed by atoms with E-state index in [0.717, 1.165) is 75.5 Å². The van der Waals surface area contributed by atoms with Crippen LogP contribution in [0.1, 0.15) is 43.1 Å². The van der Waals surface area contributed by atoms with Crippen LogP contribution < -0.4 is 15.4 Å². The number of rotatable bonds is 8. The van der Waals surface area contributed by atoms with Gasteiger partial charge in [-0.15, -0.1) is 13.2 Å². The zero-order chi connectivity index (χ0) is 28.9. The van der Waals surface area contributed by atoms with Gasteiger partial charge in [-0.2, -0.15) is 0 Å². The van der Waals surface area contributed by atoms with Gasteiger partial charge >= 0.3 is 6.36 Å². The first-order valence-corrected chi connectivity index (χ1v) is 13.7. The topological polar surface area (TPSA) is 79.5 Å². The molecule has 3 heterocycles. The van der Waals surface area contributed by atoms with Crippen LogP contribution in [0.4, 0.5) is 18.9 Å². The minimum atomic E-state index is -4.67. The number of likely N-dealkylation sites (tertiary alicyclic amines) is 1. The molecule has 0 amide bonds. The number of anilines is 1. The SMILES string of the molecule is C=C(N)OC(=NC)c1ccc(N2CCN(C3CCN(Cc4ccc(OC(F)(F)F)cc4)CC3)[C@@H](CC)C2)c(C)n1. The average Bonchev–Trinajstić information content (AvgIpc) is 2.92. The fourth-order valence-electron chi connectivity index (χ4n) is 5.74. The van der Waals surface area contributed by atoms with E-state index in [9.17, 15) is 13.2 Å². The summed E-state index contributed by atoms with van der Waals surface area (Å²) in [5, 5.41) is 0. The van der Waals surface area contributed by atoms with Crippen molar-refractivity contribution in [3.05, 3.63) is 65.8 Å². The van der Waals surface area contributed by atoms with Crippen LogP contribution in [0, 0.1) is 6.92 Å². The van der Waals surface area contributed by atoms with Crippen molar-refractivity contribution in [1.82, 2.24) is 14.8 Å². The molecule has 0 saturated carbocycles. The predicted molar refractivity (Wildman–Crippen MR) is 150 cm³/mol. The van der Waals surface area contributed by atoms with Gasteiger partial charge in [0.2, 0.25) is 5.90 Å². The predicted octanol–water partition coefficient (Wildman–Crippen LogP) is 4.68. The Kier molecular flexibility index (Phi) is 9.57. The van der Waals surface area contributed by atoms with E-state index in [4.69, 9.17) is 15.5 Å². The molecule has 1 aromatic heterocycles. The van der Waals surface area contributed by atoms with Crippen LogP contribution in [0.3, 0.4) is 0 Å². The number of nitrogens with zero attached hydrogens (tertiary/aromatic N) is 5. The van der Waals surface area contributed by atoms with Gasteiger partial charge in [0.15, 0.2) is 5.88 Å². The average molecular weight is 561 g/mol. The van der Waals surface area contributed by atoms with Crippen molar-refractivity contribution >= 4 is 11.6 Å². The molecule has 218 valence electrons. The molecule has 8 nitrogen and oxygen atoms in total. The van der Waals surface area contributed by atoms with Crippen LogP contribution in [0.2, 0.25) is 0 Å². The van der Waals surface area contributed by atoms with Crippen LogP contribution in [0.15, 0.2) is 53.9 Å². The Morgan fingerprint density at radius 1 is 1.10 bits per heavy atom. The molecule has 2 aliphatic heterocycles. The number of ether oxygens (including phenoxy) is 2. The monoisotopic (exact) mass is 560 g/mol. The van der Waals surface area contributed by atoms with E-state index in [-0.39, 0.29) is 11.6 Å². The summed E-state index contributed by atoms with van der Waals surface area (Å²) >= 11 is 0. The number of aliphatic imine (C=N–C) groups is 1. The zero-order valence-corrected chi connectivity index (χ0v) is 23.5. The normalized spacial score (nSPS) is 20.0. The van der Waals surface area contributed by atoms with E-state index >= 15 is 0 Å². The Bertz CT molecular complexity index is 1180. The fraction of sp³-hybridized carbons (Fsp3) is 0.517. The van der Waals surface area contributed by atoms with Gasteiger partial charge in [0, 0.05) is 45.3 Å². The highest BCUT2D eigenvalue weighted by Crippen LogP contribution is 2.29. The second kappa shape index (κ2) is 12.9. The number of aromatic nitrogens is 1. The summed E-state index contributed by atoms with van der Waals surface area (Å²) in [5.41, 5.74) is 9.23. The molecule has 2 fully saturated rings. The Morgan fingerprint density at radius 3 is 2.38 bits per heavy atom. The maximum atomic E-state index is 12.4. The molecule has 4 rings (SSSR count). The lowest BCUT2D eigenvalue weighted by Gasteiger charge is -2.48. The van der Waals surface area contributed by atoms with Crippen molar-refractivity contribution in [3.8, 4) is 5.75 Å². The van der Waals surface area contributed by atoms with Gasteiger partial charge in [0.05, 0.1) is 11.4 Å². The van der Waals surface area contributed by atoms with Crippen LogP contribution in [0.25, 0.3) is 0 Å². The number of hydrogen-bond donors (Lipinski definition) is 1. The third-order valence-electron chi connectivity index (χ3n) is 7.64. The molecular formula is C29H39F3N6O2. The maximum absolute atomic E-state index is 12.4. The number of hydrogen-bond acceptors (Lipinski definition) is 8. The molecule has 2 saturated heterocycles. The molecule has 0 radical (unpaired) electrons. The van der Waals surface area contributed by atoms with Crippen molar-refractivity contribution in [1.29, 1.82) is 0 Å². The summed E-state index contributed by atoms with van der Waals surface area (Å²) in [6.45, 7) is 13.3. The van der Waals surface area contributed by atoms with E-state index in [1.54, 1.807) is 19.2 Å². The molecule has 2 aliphatic rings. The van der Waals surface area contributed by atoms with Crippen molar-refractivity contribution in [2.45, 2.75) is 58.1 Å². The molecule has 1 atom stereocenters.